The van der Waals surface area contributed by atoms with Crippen molar-refractivity contribution in [3.8, 4) is 0 Å². The van der Waals surface area contributed by atoms with Crippen molar-refractivity contribution in [2.75, 3.05) is 0 Å². The molecule has 2 N–H and O–H groups in total. The van der Waals surface area contributed by atoms with Gasteiger partial charge in [-0.15, -0.1) is 0 Å². The number of nitrogens with one attached hydrogen (secondary N) is 1. The van der Waals surface area contributed by atoms with E-state index >= 15 is 0 Å². The van der Waals surface area contributed by atoms with Crippen molar-refractivity contribution in [1.82, 2.24) is 9.97 Å². The standard InChI is InChI=1S/C9H13FN2O/c1-8(2,10)7-11-5-6(12-7)9(13)3-4-9/h5,13H,3-4H2,1-2H3,(H,11,12). The lowest BCUT2D eigenvalue weighted by molar-refractivity contribution is 0.145. The monoisotopic (exact) mass is 184 g/mol. The van der Waals surface area contributed by atoms with E-state index in [0.717, 1.165) is 12.8 Å². The molecule has 0 bridgehead atoms. The van der Waals surface area contributed by atoms with Gasteiger partial charge in [-0.2, -0.15) is 0 Å². The van der Waals surface area contributed by atoms with Gasteiger partial charge in [-0.1, -0.05) is 0 Å². The van der Waals surface area contributed by atoms with E-state index in [1.54, 1.807) is 0 Å². The van der Waals surface area contributed by atoms with Crippen LogP contribution in [0, 0.1) is 0 Å². The summed E-state index contributed by atoms with van der Waals surface area (Å²) in [5.74, 6) is 0.280. The number of aromatic amines is 1. The molecule has 72 valence electrons. The summed E-state index contributed by atoms with van der Waals surface area (Å²) in [5.41, 5.74) is -1.59. The van der Waals surface area contributed by atoms with E-state index < -0.39 is 11.3 Å². The van der Waals surface area contributed by atoms with Crippen LogP contribution in [0.5, 0.6) is 0 Å². The first-order valence-corrected chi connectivity index (χ1v) is 4.39. The Labute approximate surface area is 76.0 Å². The molecule has 1 aliphatic carbocycles. The van der Waals surface area contributed by atoms with E-state index in [9.17, 15) is 9.50 Å². The Morgan fingerprint density at radius 3 is 2.62 bits per heavy atom. The number of hydrogen-bond donors (Lipinski definition) is 2. The van der Waals surface area contributed by atoms with Crippen molar-refractivity contribution in [1.29, 1.82) is 0 Å². The Kier molecular flexibility index (Phi) is 1.55. The van der Waals surface area contributed by atoms with Gasteiger partial charge in [0.15, 0.2) is 5.67 Å². The lowest BCUT2D eigenvalue weighted by Gasteiger charge is -2.10. The summed E-state index contributed by atoms with van der Waals surface area (Å²) in [5, 5.41) is 9.69. The van der Waals surface area contributed by atoms with Crippen molar-refractivity contribution in [3.63, 3.8) is 0 Å². The molecule has 0 aliphatic heterocycles. The van der Waals surface area contributed by atoms with Gasteiger partial charge in [-0.25, -0.2) is 9.37 Å². The predicted molar refractivity (Wildman–Crippen MR) is 45.9 cm³/mol. The smallest absolute Gasteiger partial charge is 0.162 e. The van der Waals surface area contributed by atoms with Crippen molar-refractivity contribution in [3.05, 3.63) is 17.7 Å². The number of imidazole rings is 1. The Morgan fingerprint density at radius 2 is 2.23 bits per heavy atom. The number of aromatic nitrogens is 2. The highest BCUT2D eigenvalue weighted by Crippen LogP contribution is 2.44. The first kappa shape index (κ1) is 8.69. The van der Waals surface area contributed by atoms with Gasteiger partial charge in [0.1, 0.15) is 11.4 Å². The molecule has 0 amide bonds. The molecule has 0 radical (unpaired) electrons. The molecule has 1 saturated carbocycles. The van der Waals surface area contributed by atoms with Crippen molar-refractivity contribution < 1.29 is 9.50 Å². The highest BCUT2D eigenvalue weighted by atomic mass is 19.1. The fourth-order valence-corrected chi connectivity index (χ4v) is 1.25. The molecule has 1 aromatic heterocycles. The molecule has 1 fully saturated rings. The molecule has 1 heterocycles. The summed E-state index contributed by atoms with van der Waals surface area (Å²) in [6, 6.07) is 0. The first-order chi connectivity index (χ1) is 5.92. The quantitative estimate of drug-likeness (QED) is 0.733. The summed E-state index contributed by atoms with van der Waals surface area (Å²) in [7, 11) is 0. The van der Waals surface area contributed by atoms with Crippen LogP contribution in [0.2, 0.25) is 0 Å². The fourth-order valence-electron chi connectivity index (χ4n) is 1.25. The Hall–Kier alpha value is -0.900. The molecule has 0 atom stereocenters. The van der Waals surface area contributed by atoms with Crippen LogP contribution in [0.4, 0.5) is 4.39 Å². The minimum absolute atomic E-state index is 0.280. The molecular weight excluding hydrogens is 171 g/mol. The molecule has 2 rings (SSSR count). The molecule has 1 aromatic rings. The minimum Gasteiger partial charge on any atom is -0.384 e. The molecule has 13 heavy (non-hydrogen) atoms. The van der Waals surface area contributed by atoms with E-state index in [-0.39, 0.29) is 5.82 Å². The van der Waals surface area contributed by atoms with Crippen molar-refractivity contribution in [2.45, 2.75) is 38.0 Å². The average molecular weight is 184 g/mol. The van der Waals surface area contributed by atoms with Gasteiger partial charge >= 0.3 is 0 Å². The van der Waals surface area contributed by atoms with Crippen LogP contribution in [0.15, 0.2) is 6.20 Å². The zero-order valence-corrected chi connectivity index (χ0v) is 7.76. The maximum Gasteiger partial charge on any atom is 0.162 e. The van der Waals surface area contributed by atoms with Gasteiger partial charge in [-0.05, 0) is 26.7 Å². The van der Waals surface area contributed by atoms with Gasteiger partial charge in [0.25, 0.3) is 0 Å². The highest BCUT2D eigenvalue weighted by molar-refractivity contribution is 5.19. The molecule has 4 heteroatoms. The van der Waals surface area contributed by atoms with Gasteiger partial charge in [0, 0.05) is 0 Å². The SMILES string of the molecule is CC(C)(F)c1ncc(C2(O)CC2)[nH]1. The molecule has 0 saturated heterocycles. The zero-order valence-electron chi connectivity index (χ0n) is 7.76. The minimum atomic E-state index is -1.47. The molecule has 0 unspecified atom stereocenters. The van der Waals surface area contributed by atoms with E-state index in [2.05, 4.69) is 9.97 Å². The van der Waals surface area contributed by atoms with Crippen LogP contribution in [0.25, 0.3) is 0 Å². The lowest BCUT2D eigenvalue weighted by atomic mass is 10.1. The zero-order chi connectivity index (χ0) is 9.69. The van der Waals surface area contributed by atoms with Crippen LogP contribution in [-0.4, -0.2) is 15.1 Å². The van der Waals surface area contributed by atoms with Crippen LogP contribution in [0.1, 0.15) is 38.2 Å². The van der Waals surface area contributed by atoms with Crippen molar-refractivity contribution in [2.24, 2.45) is 0 Å². The van der Waals surface area contributed by atoms with E-state index in [0.29, 0.717) is 5.69 Å². The second-order valence-corrected chi connectivity index (χ2v) is 4.15. The first-order valence-electron chi connectivity index (χ1n) is 4.39. The topological polar surface area (TPSA) is 48.9 Å². The number of nitrogens with zero attached hydrogens (tertiary/aromatic N) is 1. The highest BCUT2D eigenvalue weighted by Gasteiger charge is 2.44. The van der Waals surface area contributed by atoms with E-state index in [1.807, 2.05) is 0 Å². The molecular formula is C9H13FN2O. The molecule has 0 spiro atoms. The lowest BCUT2D eigenvalue weighted by Crippen LogP contribution is -2.12. The van der Waals surface area contributed by atoms with Gasteiger partial charge in [-0.3, -0.25) is 0 Å². The largest absolute Gasteiger partial charge is 0.384 e. The van der Waals surface area contributed by atoms with Gasteiger partial charge < -0.3 is 10.1 Å². The number of hydrogen-bond acceptors (Lipinski definition) is 2. The number of aliphatic hydroxyl groups is 1. The fraction of sp³-hybridized carbons (Fsp3) is 0.667. The van der Waals surface area contributed by atoms with Crippen LogP contribution in [0.3, 0.4) is 0 Å². The Bertz CT molecular complexity index is 303. The summed E-state index contributed by atoms with van der Waals surface area (Å²) in [4.78, 5) is 6.72. The Morgan fingerprint density at radius 1 is 1.62 bits per heavy atom. The second-order valence-electron chi connectivity index (χ2n) is 4.15. The maximum absolute atomic E-state index is 13.4. The normalized spacial score (nSPS) is 20.3. The second kappa shape index (κ2) is 2.32. The summed E-state index contributed by atoms with van der Waals surface area (Å²) < 4.78 is 13.4. The number of alkyl halides is 1. The molecule has 0 aromatic carbocycles. The predicted octanol–water partition coefficient (Wildman–Crippen LogP) is 1.60. The number of rotatable bonds is 2. The summed E-state index contributed by atoms with van der Waals surface area (Å²) in [6.07, 6.45) is 2.99. The number of H-pyrrole nitrogens is 1. The third kappa shape index (κ3) is 1.46. The number of halogens is 1. The van der Waals surface area contributed by atoms with Crippen LogP contribution >= 0.6 is 0 Å². The molecule has 1 aliphatic rings. The third-order valence-electron chi connectivity index (χ3n) is 2.36. The Balaban J connectivity index is 2.29. The third-order valence-corrected chi connectivity index (χ3v) is 2.36. The maximum atomic E-state index is 13.4. The summed E-state index contributed by atoms with van der Waals surface area (Å²) in [6.45, 7) is 2.87. The van der Waals surface area contributed by atoms with Crippen LogP contribution < -0.4 is 0 Å². The van der Waals surface area contributed by atoms with Crippen molar-refractivity contribution >= 4 is 0 Å². The van der Waals surface area contributed by atoms with Gasteiger partial charge in [0.2, 0.25) is 0 Å². The van der Waals surface area contributed by atoms with E-state index in [4.69, 9.17) is 0 Å². The van der Waals surface area contributed by atoms with E-state index in [1.165, 1.54) is 20.0 Å². The van der Waals surface area contributed by atoms with Crippen LogP contribution in [-0.2, 0) is 11.3 Å². The molecule has 3 nitrogen and oxygen atoms in total. The van der Waals surface area contributed by atoms with Gasteiger partial charge in [0.05, 0.1) is 11.9 Å². The average Bonchev–Trinajstić information content (AvgIpc) is 2.60. The summed E-state index contributed by atoms with van der Waals surface area (Å²) >= 11 is 0.